The Kier molecular flexibility index (Phi) is 74.0. The third kappa shape index (κ3) is 72.9. The third-order valence-corrected chi connectivity index (χ3v) is 22.1. The molecule has 0 saturated carbocycles. The molecular weight excluding hydrogens is 1410 g/mol. The van der Waals surface area contributed by atoms with Crippen LogP contribution in [0.25, 0.3) is 0 Å². The van der Waals surface area contributed by atoms with Crippen molar-refractivity contribution in [2.75, 3.05) is 65.5 Å². The number of urea groups is 1. The number of ketones is 2. The van der Waals surface area contributed by atoms with E-state index in [1.165, 1.54) is 141 Å². The molecule has 22 nitrogen and oxygen atoms in total. The van der Waals surface area contributed by atoms with Crippen molar-refractivity contribution in [1.29, 1.82) is 0 Å². The number of nitrogens with one attached hydrogen (secondary N) is 4. The molecule has 0 aromatic heterocycles. The summed E-state index contributed by atoms with van der Waals surface area (Å²) in [6, 6.07) is -2.46. The molecular formula is C84H162N4O18P2. The van der Waals surface area contributed by atoms with E-state index in [4.69, 9.17) is 32.5 Å². The molecule has 0 rings (SSSR count). The summed E-state index contributed by atoms with van der Waals surface area (Å²) >= 11 is 0. The van der Waals surface area contributed by atoms with Crippen LogP contribution in [0.5, 0.6) is 0 Å². The molecule has 0 fully saturated rings. The fraction of sp³-hybridized carbons (Fsp3) is 0.917. The Morgan fingerprint density at radius 1 is 0.324 bits per heavy atom. The monoisotopic (exact) mass is 1580 g/mol. The molecule has 0 radical (unpaired) electrons. The highest BCUT2D eigenvalue weighted by Gasteiger charge is 2.27. The molecule has 0 aromatic rings. The maximum atomic E-state index is 13.4. The zero-order valence-corrected chi connectivity index (χ0v) is 71.3. The van der Waals surface area contributed by atoms with Crippen molar-refractivity contribution in [2.45, 2.75) is 432 Å². The number of phosphoric ester groups is 1. The van der Waals surface area contributed by atoms with E-state index >= 15 is 0 Å². The van der Waals surface area contributed by atoms with E-state index < -0.39 is 58.6 Å². The number of carbonyl (C=O) groups is 7. The van der Waals surface area contributed by atoms with Crippen molar-refractivity contribution in [2.24, 2.45) is 0 Å². The van der Waals surface area contributed by atoms with Crippen LogP contribution in [0.15, 0.2) is 0 Å². The van der Waals surface area contributed by atoms with Crippen LogP contribution < -0.4 is 21.3 Å². The van der Waals surface area contributed by atoms with Gasteiger partial charge >= 0.3 is 33.4 Å². The summed E-state index contributed by atoms with van der Waals surface area (Å²) in [5.41, 5.74) is 0. The Morgan fingerprint density at radius 3 is 0.991 bits per heavy atom. The first-order valence-corrected chi connectivity index (χ1v) is 47.3. The lowest BCUT2D eigenvalue weighted by atomic mass is 10.0. The van der Waals surface area contributed by atoms with E-state index in [9.17, 15) is 52.5 Å². The fourth-order valence-corrected chi connectivity index (χ4v) is 14.9. The average Bonchev–Trinajstić information content (AvgIpc) is 0.914. The van der Waals surface area contributed by atoms with Gasteiger partial charge in [-0.05, 0) is 57.8 Å². The van der Waals surface area contributed by atoms with Crippen LogP contribution >= 0.6 is 15.4 Å². The number of phosphoric acid groups is 1. The molecule has 0 spiro atoms. The highest BCUT2D eigenvalue weighted by atomic mass is 31.2. The topological polar surface area (TPSA) is 307 Å². The minimum Gasteiger partial charge on any atom is -0.462 e. The number of carbonyl (C=O) groups excluding carboxylic acids is 7. The van der Waals surface area contributed by atoms with E-state index in [1.807, 2.05) is 0 Å². The van der Waals surface area contributed by atoms with Crippen molar-refractivity contribution < 1.29 is 85.0 Å². The molecule has 0 aliphatic carbocycles. The van der Waals surface area contributed by atoms with Crippen LogP contribution in [0, 0.1) is 0 Å². The summed E-state index contributed by atoms with van der Waals surface area (Å²) in [6.07, 6.45) is 52.5. The van der Waals surface area contributed by atoms with Gasteiger partial charge in [-0.1, -0.05) is 298 Å². The summed E-state index contributed by atoms with van der Waals surface area (Å²) in [6.45, 7) is 11.5. The van der Waals surface area contributed by atoms with Gasteiger partial charge in [-0.25, -0.2) is 9.36 Å². The van der Waals surface area contributed by atoms with Gasteiger partial charge in [0.1, 0.15) is 23.8 Å². The molecule has 0 aromatic carbocycles. The van der Waals surface area contributed by atoms with Gasteiger partial charge in [-0.3, -0.25) is 42.4 Å². The molecule has 0 bridgehead atoms. The van der Waals surface area contributed by atoms with Crippen molar-refractivity contribution in [3.63, 3.8) is 0 Å². The van der Waals surface area contributed by atoms with Crippen molar-refractivity contribution in [3.05, 3.63) is 0 Å². The minimum atomic E-state index is -4.79. The molecule has 0 saturated heterocycles. The smallest absolute Gasteiger partial charge is 0.462 e. The van der Waals surface area contributed by atoms with Gasteiger partial charge in [0.25, 0.3) is 0 Å². The number of esters is 2. The number of Topliss-reactive ketones (excluding diaryl/α,β-unsaturated/α-hetero) is 2. The van der Waals surface area contributed by atoms with E-state index in [2.05, 4.69) is 62.8 Å². The predicted octanol–water partition coefficient (Wildman–Crippen LogP) is 20.9. The van der Waals surface area contributed by atoms with Crippen LogP contribution in [-0.2, 0) is 70.4 Å². The summed E-state index contributed by atoms with van der Waals surface area (Å²) in [5.74, 6) is -1.93. The third-order valence-electron chi connectivity index (χ3n) is 19.7. The molecule has 108 heavy (non-hydrogen) atoms. The average molecular weight is 1580 g/mol. The number of unbranched alkanes of at least 4 members (excludes halogenated alkanes) is 40. The van der Waals surface area contributed by atoms with Crippen LogP contribution in [0.3, 0.4) is 0 Å². The van der Waals surface area contributed by atoms with Crippen LogP contribution in [0.4, 0.5) is 4.79 Å². The predicted molar refractivity (Wildman–Crippen MR) is 436 cm³/mol. The quantitative estimate of drug-likeness (QED) is 0.0143. The van der Waals surface area contributed by atoms with Crippen LogP contribution in [0.1, 0.15) is 408 Å². The van der Waals surface area contributed by atoms with Gasteiger partial charge in [0.2, 0.25) is 11.8 Å². The number of hydrogen-bond acceptors (Lipinski definition) is 16. The first-order chi connectivity index (χ1) is 52.3. The minimum absolute atomic E-state index is 0.0321. The molecule has 24 heteroatoms. The number of hydrogen-bond donors (Lipinski definition) is 6. The second-order valence-electron chi connectivity index (χ2n) is 30.4. The Morgan fingerprint density at radius 2 is 0.630 bits per heavy atom. The Labute approximate surface area is 657 Å². The zero-order valence-electron chi connectivity index (χ0n) is 69.5. The molecule has 2 unspecified atom stereocenters. The summed E-state index contributed by atoms with van der Waals surface area (Å²) < 4.78 is 66.5. The van der Waals surface area contributed by atoms with Gasteiger partial charge in [-0.15, -0.1) is 0 Å². The molecule has 4 amide bonds. The van der Waals surface area contributed by atoms with Crippen molar-refractivity contribution in [1.82, 2.24) is 21.3 Å². The normalized spacial score (nSPS) is 13.8. The largest absolute Gasteiger partial charge is 0.472 e. The molecule has 0 aliphatic rings. The van der Waals surface area contributed by atoms with Gasteiger partial charge in [0.15, 0.2) is 0 Å². The van der Waals surface area contributed by atoms with Gasteiger partial charge in [-0.2, -0.15) is 0 Å². The standard InChI is InChI=1S/C84H162N4O18P2/c1-7-13-19-25-29-33-37-43-47-53-76(89)69-80(91)87-74(71-100-64-59-78(55-49-41-23-17-11-5)105-82(93)57-51-45-39-35-31-27-21-15-9-3)61-68-107(96,97)102-66-62-85-84(95)86-63-67-103-108(98,99)104-73-75(88-81(92)70-77(90)54-48-44-38-34-30-26-20-14-8-2)72-101-65-60-79(56-50-42-24-18-12-6)106-83(94)58-52-46-40-36-32-28-22-16-10-4/h74-75,78-79H,7-73H2,1-6H3,(H,87,91)(H,88,92)(H,96,97)(H,98,99)(H2,85,86,95)/t74-,75+,78+,79+/m0/s1. The number of ether oxygens (including phenoxy) is 4. The summed E-state index contributed by atoms with van der Waals surface area (Å²) in [7, 11) is -9.08. The zero-order chi connectivity index (χ0) is 79.5. The maximum absolute atomic E-state index is 13.4. The van der Waals surface area contributed by atoms with Gasteiger partial charge in [0.05, 0.1) is 77.3 Å². The number of amides is 4. The highest BCUT2D eigenvalue weighted by molar-refractivity contribution is 7.52. The van der Waals surface area contributed by atoms with Crippen LogP contribution in [-0.4, -0.2) is 141 Å². The Balaban J connectivity index is 5.68. The van der Waals surface area contributed by atoms with E-state index in [0.717, 1.165) is 141 Å². The second-order valence-corrected chi connectivity index (χ2v) is 33.8. The Hall–Kier alpha value is -3.33. The summed E-state index contributed by atoms with van der Waals surface area (Å²) in [5, 5.41) is 10.6. The second kappa shape index (κ2) is 76.3. The molecule has 6 atom stereocenters. The van der Waals surface area contributed by atoms with Gasteiger partial charge < -0.3 is 54.5 Å². The first kappa shape index (κ1) is 105. The highest BCUT2D eigenvalue weighted by Crippen LogP contribution is 2.43. The first-order valence-electron chi connectivity index (χ1n) is 44.1. The Bertz CT molecular complexity index is 2120. The molecule has 0 aliphatic heterocycles. The SMILES string of the molecule is CCCCCCCCCCCC(=O)CC(=O)N[C@H](COCC[C@@H](CCCCCCC)OC(=O)CCCCCCCCCCC)COP(=O)(O)OCCNC(=O)NCCOP(=O)(O)CC[C@@H](COCC[C@@H](CCCCCCC)OC(=O)CCCCCCCCCCC)NC(=O)CC(=O)CCCCCCCCCCC. The lowest BCUT2D eigenvalue weighted by Crippen LogP contribution is -2.42. The lowest BCUT2D eigenvalue weighted by molar-refractivity contribution is -0.151. The van der Waals surface area contributed by atoms with Crippen molar-refractivity contribution in [3.8, 4) is 0 Å². The fourth-order valence-electron chi connectivity index (χ4n) is 13.0. The van der Waals surface area contributed by atoms with E-state index in [0.29, 0.717) is 51.4 Å². The number of rotatable bonds is 84. The summed E-state index contributed by atoms with van der Waals surface area (Å²) in [4.78, 5) is 113. The lowest BCUT2D eigenvalue weighted by Gasteiger charge is -2.22. The molecule has 6 N–H and O–H groups in total. The molecule has 636 valence electrons. The molecule has 0 heterocycles. The van der Waals surface area contributed by atoms with E-state index in [-0.39, 0.29) is 120 Å². The maximum Gasteiger partial charge on any atom is 0.472 e. The van der Waals surface area contributed by atoms with Gasteiger partial charge in [0, 0.05) is 51.6 Å². The van der Waals surface area contributed by atoms with Crippen molar-refractivity contribution >= 4 is 56.8 Å². The van der Waals surface area contributed by atoms with Crippen LogP contribution in [0.2, 0.25) is 0 Å². The van der Waals surface area contributed by atoms with E-state index in [1.54, 1.807) is 0 Å².